The summed E-state index contributed by atoms with van der Waals surface area (Å²) in [7, 11) is 0. The molecule has 6 nitrogen and oxygen atoms in total. The second kappa shape index (κ2) is 6.38. The van der Waals surface area contributed by atoms with Gasteiger partial charge in [-0.1, -0.05) is 60.7 Å². The lowest BCUT2D eigenvalue weighted by atomic mass is 10.1. The van der Waals surface area contributed by atoms with Gasteiger partial charge >= 0.3 is 11.9 Å². The molecule has 0 aliphatic carbocycles. The first kappa shape index (κ1) is 15.7. The summed E-state index contributed by atoms with van der Waals surface area (Å²) in [6, 6.07) is 15.1. The molecule has 0 saturated carbocycles. The number of ether oxygens (including phenoxy) is 1. The lowest BCUT2D eigenvalue weighted by Crippen LogP contribution is -2.38. The first-order valence-electron chi connectivity index (χ1n) is 6.42. The van der Waals surface area contributed by atoms with Crippen molar-refractivity contribution in [3.63, 3.8) is 0 Å². The van der Waals surface area contributed by atoms with E-state index < -0.39 is 23.8 Å². The van der Waals surface area contributed by atoms with Crippen molar-refractivity contribution in [3.05, 3.63) is 71.8 Å². The van der Waals surface area contributed by atoms with Gasteiger partial charge in [0.2, 0.25) is 6.10 Å². The monoisotopic (exact) mass is 302 g/mol. The summed E-state index contributed by atoms with van der Waals surface area (Å²) < 4.78 is 4.78. The van der Waals surface area contributed by atoms with Crippen LogP contribution in [0.25, 0.3) is 0 Å². The van der Waals surface area contributed by atoms with Crippen molar-refractivity contribution in [2.24, 2.45) is 0 Å². The van der Waals surface area contributed by atoms with Crippen molar-refractivity contribution in [1.82, 2.24) is 0 Å². The average molecular weight is 302 g/mol. The summed E-state index contributed by atoms with van der Waals surface area (Å²) in [5, 5.41) is 29.0. The molecule has 0 amide bonds. The molecule has 0 aliphatic heterocycles. The lowest BCUT2D eigenvalue weighted by Gasteiger charge is -2.22. The van der Waals surface area contributed by atoms with E-state index in [9.17, 15) is 24.9 Å². The summed E-state index contributed by atoms with van der Waals surface area (Å²) in [4.78, 5) is 23.2. The van der Waals surface area contributed by atoms with E-state index in [2.05, 4.69) is 0 Å². The van der Waals surface area contributed by atoms with Gasteiger partial charge in [-0.25, -0.2) is 9.59 Å². The minimum absolute atomic E-state index is 0.114. The molecule has 0 bridgehead atoms. The van der Waals surface area contributed by atoms with Gasteiger partial charge in [0.15, 0.2) is 0 Å². The molecule has 22 heavy (non-hydrogen) atoms. The maximum atomic E-state index is 12.0. The van der Waals surface area contributed by atoms with Crippen molar-refractivity contribution in [2.45, 2.75) is 11.9 Å². The van der Waals surface area contributed by atoms with Crippen LogP contribution in [-0.4, -0.2) is 27.3 Å². The van der Waals surface area contributed by atoms with Crippen molar-refractivity contribution in [3.8, 4) is 0 Å². The van der Waals surface area contributed by atoms with Crippen molar-refractivity contribution >= 4 is 11.9 Å². The minimum atomic E-state index is -2.93. The Balaban J connectivity index is 2.24. The van der Waals surface area contributed by atoms with Gasteiger partial charge in [-0.05, 0) is 0 Å². The summed E-state index contributed by atoms with van der Waals surface area (Å²) >= 11 is 0. The molecule has 2 rings (SSSR count). The minimum Gasteiger partial charge on any atom is -0.478 e. The standard InChI is InChI=1S/C16H14O6/c17-14(18)13(11-7-3-1-4-8-11)22-15(19)16(20,21)12-9-5-2-6-10-12/h1-10,13,20-21H,(H,17,18). The second-order valence-electron chi connectivity index (χ2n) is 4.57. The number of rotatable bonds is 5. The summed E-state index contributed by atoms with van der Waals surface area (Å²) in [5.74, 6) is -5.80. The van der Waals surface area contributed by atoms with Gasteiger partial charge in [0.25, 0.3) is 5.79 Å². The number of carbonyl (C=O) groups is 2. The molecule has 1 atom stereocenters. The smallest absolute Gasteiger partial charge is 0.372 e. The van der Waals surface area contributed by atoms with E-state index in [0.717, 1.165) is 0 Å². The quantitative estimate of drug-likeness (QED) is 0.566. The van der Waals surface area contributed by atoms with Gasteiger partial charge in [0.05, 0.1) is 0 Å². The first-order chi connectivity index (χ1) is 10.4. The predicted octanol–water partition coefficient (Wildman–Crippen LogP) is 1.19. The van der Waals surface area contributed by atoms with E-state index in [1.165, 1.54) is 36.4 Å². The molecule has 0 saturated heterocycles. The summed E-state index contributed by atoms with van der Waals surface area (Å²) in [5.41, 5.74) is 0.101. The SMILES string of the molecule is O=C(O)C(OC(=O)C(O)(O)c1ccccc1)c1ccccc1. The fourth-order valence-electron chi connectivity index (χ4n) is 1.87. The van der Waals surface area contributed by atoms with Gasteiger partial charge in [0.1, 0.15) is 0 Å². The van der Waals surface area contributed by atoms with Crippen LogP contribution >= 0.6 is 0 Å². The number of carboxylic acid groups (broad SMARTS) is 1. The van der Waals surface area contributed by atoms with Crippen LogP contribution in [0.2, 0.25) is 0 Å². The van der Waals surface area contributed by atoms with Crippen molar-refractivity contribution in [2.75, 3.05) is 0 Å². The molecule has 3 N–H and O–H groups in total. The van der Waals surface area contributed by atoms with E-state index in [4.69, 9.17) is 4.74 Å². The Bertz CT molecular complexity index is 651. The fraction of sp³-hybridized carbons (Fsp3) is 0.125. The third-order valence-corrected chi connectivity index (χ3v) is 3.01. The molecule has 1 unspecified atom stereocenters. The first-order valence-corrected chi connectivity index (χ1v) is 6.42. The highest BCUT2D eigenvalue weighted by molar-refractivity contribution is 5.83. The topological polar surface area (TPSA) is 104 Å². The van der Waals surface area contributed by atoms with Crippen LogP contribution in [-0.2, 0) is 20.1 Å². The number of carboxylic acids is 1. The van der Waals surface area contributed by atoms with E-state index in [1.54, 1.807) is 24.3 Å². The van der Waals surface area contributed by atoms with Crippen LogP contribution in [0.3, 0.4) is 0 Å². The van der Waals surface area contributed by atoms with Crippen LogP contribution in [0.5, 0.6) is 0 Å². The highest BCUT2D eigenvalue weighted by atomic mass is 16.6. The Kier molecular flexibility index (Phi) is 4.55. The summed E-state index contributed by atoms with van der Waals surface area (Å²) in [6.45, 7) is 0. The van der Waals surface area contributed by atoms with Crippen molar-refractivity contribution < 1.29 is 29.6 Å². The van der Waals surface area contributed by atoms with Crippen molar-refractivity contribution in [1.29, 1.82) is 0 Å². The number of carbonyl (C=O) groups excluding carboxylic acids is 1. The molecule has 0 heterocycles. The number of esters is 1. The van der Waals surface area contributed by atoms with Gasteiger partial charge in [-0.3, -0.25) is 0 Å². The molecular weight excluding hydrogens is 288 g/mol. The zero-order valence-corrected chi connectivity index (χ0v) is 11.4. The van der Waals surface area contributed by atoms with E-state index in [0.29, 0.717) is 0 Å². The second-order valence-corrected chi connectivity index (χ2v) is 4.57. The fourth-order valence-corrected chi connectivity index (χ4v) is 1.87. The zero-order valence-electron chi connectivity index (χ0n) is 11.4. The normalized spacial score (nSPS) is 12.5. The molecule has 6 heteroatoms. The van der Waals surface area contributed by atoms with Crippen LogP contribution in [0.4, 0.5) is 0 Å². The predicted molar refractivity (Wildman–Crippen MR) is 75.5 cm³/mol. The van der Waals surface area contributed by atoms with Crippen LogP contribution in [0, 0.1) is 0 Å². The van der Waals surface area contributed by atoms with E-state index in [-0.39, 0.29) is 11.1 Å². The van der Waals surface area contributed by atoms with Gasteiger partial charge in [-0.2, -0.15) is 0 Å². The van der Waals surface area contributed by atoms with Gasteiger partial charge in [-0.15, -0.1) is 0 Å². The van der Waals surface area contributed by atoms with E-state index >= 15 is 0 Å². The number of hydrogen-bond donors (Lipinski definition) is 3. The number of aliphatic hydroxyl groups is 2. The molecular formula is C16H14O6. The zero-order chi connectivity index (χ0) is 16.2. The molecule has 2 aromatic rings. The molecule has 0 aliphatic rings. The van der Waals surface area contributed by atoms with Gasteiger partial charge < -0.3 is 20.1 Å². The molecule has 2 aromatic carbocycles. The Morgan fingerprint density at radius 1 is 0.909 bits per heavy atom. The Morgan fingerprint density at radius 3 is 1.91 bits per heavy atom. The molecule has 0 fully saturated rings. The highest BCUT2D eigenvalue weighted by Gasteiger charge is 2.40. The Hall–Kier alpha value is -2.70. The lowest BCUT2D eigenvalue weighted by molar-refractivity contribution is -0.220. The Morgan fingerprint density at radius 2 is 1.41 bits per heavy atom. The van der Waals surface area contributed by atoms with Gasteiger partial charge in [0, 0.05) is 11.1 Å². The summed E-state index contributed by atoms with van der Waals surface area (Å²) in [6.07, 6.45) is -1.63. The molecule has 114 valence electrons. The van der Waals surface area contributed by atoms with Crippen LogP contribution in [0.15, 0.2) is 60.7 Å². The average Bonchev–Trinajstić information content (AvgIpc) is 2.53. The van der Waals surface area contributed by atoms with E-state index in [1.807, 2.05) is 0 Å². The Labute approximate surface area is 126 Å². The maximum Gasteiger partial charge on any atom is 0.372 e. The molecule has 0 radical (unpaired) electrons. The third kappa shape index (κ3) is 3.30. The largest absolute Gasteiger partial charge is 0.478 e. The highest BCUT2D eigenvalue weighted by Crippen LogP contribution is 2.24. The number of benzene rings is 2. The molecule has 0 spiro atoms. The maximum absolute atomic E-state index is 12.0. The molecule has 0 aromatic heterocycles. The van der Waals surface area contributed by atoms with Crippen LogP contribution in [0.1, 0.15) is 17.2 Å². The number of hydrogen-bond acceptors (Lipinski definition) is 5. The van der Waals surface area contributed by atoms with Crippen LogP contribution < -0.4 is 0 Å². The number of aliphatic carboxylic acids is 1. The third-order valence-electron chi connectivity index (χ3n) is 3.01.